The molecule has 1 saturated heterocycles. The Hall–Kier alpha value is -0.570. The van der Waals surface area contributed by atoms with E-state index < -0.39 is 0 Å². The highest BCUT2D eigenvalue weighted by Crippen LogP contribution is 2.46. The SMILES string of the molecule is CC(C)OCC(=O)N1CCC2(CCCC2)CC1. The summed E-state index contributed by atoms with van der Waals surface area (Å²) < 4.78 is 5.38. The van der Waals surface area contributed by atoms with Gasteiger partial charge in [-0.15, -0.1) is 0 Å². The normalized spacial score (nSPS) is 23.6. The molecule has 2 rings (SSSR count). The maximum absolute atomic E-state index is 11.9. The molecule has 1 spiro atoms. The molecular formula is C14H25NO2. The van der Waals surface area contributed by atoms with Crippen molar-refractivity contribution >= 4 is 5.91 Å². The van der Waals surface area contributed by atoms with Crippen molar-refractivity contribution in [2.45, 2.75) is 58.5 Å². The number of likely N-dealkylation sites (tertiary alicyclic amines) is 1. The van der Waals surface area contributed by atoms with Crippen LogP contribution >= 0.6 is 0 Å². The second-order valence-electron chi connectivity index (χ2n) is 5.95. The molecule has 0 N–H and O–H groups in total. The molecule has 0 aromatic heterocycles. The van der Waals surface area contributed by atoms with Gasteiger partial charge < -0.3 is 9.64 Å². The summed E-state index contributed by atoms with van der Waals surface area (Å²) in [6, 6.07) is 0. The number of amides is 1. The first-order valence-corrected chi connectivity index (χ1v) is 7.01. The summed E-state index contributed by atoms with van der Waals surface area (Å²) in [5, 5.41) is 0. The number of rotatable bonds is 3. The van der Waals surface area contributed by atoms with Crippen LogP contribution in [0.25, 0.3) is 0 Å². The topological polar surface area (TPSA) is 29.5 Å². The summed E-state index contributed by atoms with van der Waals surface area (Å²) in [6.45, 7) is 6.08. The Kier molecular flexibility index (Phi) is 4.08. The van der Waals surface area contributed by atoms with E-state index in [4.69, 9.17) is 4.74 Å². The largest absolute Gasteiger partial charge is 0.369 e. The van der Waals surface area contributed by atoms with Crippen LogP contribution in [0.2, 0.25) is 0 Å². The fourth-order valence-corrected chi connectivity index (χ4v) is 3.18. The molecule has 0 radical (unpaired) electrons. The van der Waals surface area contributed by atoms with Crippen LogP contribution in [-0.2, 0) is 9.53 Å². The molecule has 0 atom stereocenters. The lowest BCUT2D eigenvalue weighted by molar-refractivity contribution is -0.139. The lowest BCUT2D eigenvalue weighted by Gasteiger charge is -2.39. The van der Waals surface area contributed by atoms with Gasteiger partial charge in [-0.1, -0.05) is 12.8 Å². The van der Waals surface area contributed by atoms with Gasteiger partial charge >= 0.3 is 0 Å². The van der Waals surface area contributed by atoms with Gasteiger partial charge in [-0.2, -0.15) is 0 Å². The quantitative estimate of drug-likeness (QED) is 0.757. The number of carbonyl (C=O) groups excluding carboxylic acids is 1. The Balaban J connectivity index is 1.76. The first kappa shape index (κ1) is 12.9. The summed E-state index contributed by atoms with van der Waals surface area (Å²) in [5.41, 5.74) is 0.593. The summed E-state index contributed by atoms with van der Waals surface area (Å²) in [4.78, 5) is 13.9. The molecule has 1 amide bonds. The number of carbonyl (C=O) groups is 1. The number of ether oxygens (including phenoxy) is 1. The molecule has 98 valence electrons. The van der Waals surface area contributed by atoms with Gasteiger partial charge in [0.2, 0.25) is 5.91 Å². The summed E-state index contributed by atoms with van der Waals surface area (Å²) >= 11 is 0. The van der Waals surface area contributed by atoms with Crippen molar-refractivity contribution < 1.29 is 9.53 Å². The van der Waals surface area contributed by atoms with E-state index in [2.05, 4.69) is 0 Å². The van der Waals surface area contributed by atoms with Crippen LogP contribution in [0.5, 0.6) is 0 Å². The zero-order chi connectivity index (χ0) is 12.3. The minimum absolute atomic E-state index is 0.143. The first-order valence-electron chi connectivity index (χ1n) is 7.01. The van der Waals surface area contributed by atoms with Gasteiger partial charge in [0.15, 0.2) is 0 Å². The first-order chi connectivity index (χ1) is 8.11. The average Bonchev–Trinajstić information content (AvgIpc) is 2.75. The van der Waals surface area contributed by atoms with E-state index in [0.717, 1.165) is 13.1 Å². The second-order valence-corrected chi connectivity index (χ2v) is 5.95. The molecule has 1 heterocycles. The monoisotopic (exact) mass is 239 g/mol. The van der Waals surface area contributed by atoms with Gasteiger partial charge in [0.25, 0.3) is 0 Å². The van der Waals surface area contributed by atoms with Crippen LogP contribution in [0.1, 0.15) is 52.4 Å². The zero-order valence-electron chi connectivity index (χ0n) is 11.2. The standard InChI is InChI=1S/C14H25NO2/c1-12(2)17-11-13(16)15-9-7-14(8-10-15)5-3-4-6-14/h12H,3-11H2,1-2H3. The van der Waals surface area contributed by atoms with Crippen molar-refractivity contribution in [2.75, 3.05) is 19.7 Å². The summed E-state index contributed by atoms with van der Waals surface area (Å²) in [7, 11) is 0. The molecule has 0 aromatic rings. The molecule has 0 bridgehead atoms. The van der Waals surface area contributed by atoms with E-state index in [0.29, 0.717) is 5.41 Å². The van der Waals surface area contributed by atoms with E-state index in [1.165, 1.54) is 38.5 Å². The van der Waals surface area contributed by atoms with Gasteiger partial charge in [-0.05, 0) is 44.9 Å². The van der Waals surface area contributed by atoms with Crippen LogP contribution in [0.15, 0.2) is 0 Å². The molecule has 1 aliphatic carbocycles. The zero-order valence-corrected chi connectivity index (χ0v) is 11.2. The Morgan fingerprint density at radius 1 is 1.18 bits per heavy atom. The molecule has 17 heavy (non-hydrogen) atoms. The van der Waals surface area contributed by atoms with E-state index in [9.17, 15) is 4.79 Å². The smallest absolute Gasteiger partial charge is 0.248 e. The molecular weight excluding hydrogens is 214 g/mol. The molecule has 3 heteroatoms. The molecule has 3 nitrogen and oxygen atoms in total. The number of piperidine rings is 1. The van der Waals surface area contributed by atoms with Crippen LogP contribution in [-0.4, -0.2) is 36.6 Å². The van der Waals surface area contributed by atoms with Crippen molar-refractivity contribution in [3.05, 3.63) is 0 Å². The third kappa shape index (κ3) is 3.21. The van der Waals surface area contributed by atoms with Crippen molar-refractivity contribution in [1.29, 1.82) is 0 Å². The van der Waals surface area contributed by atoms with Crippen molar-refractivity contribution in [3.63, 3.8) is 0 Å². The van der Waals surface area contributed by atoms with E-state index >= 15 is 0 Å². The Labute approximate surface area is 105 Å². The number of hydrogen-bond acceptors (Lipinski definition) is 2. The van der Waals surface area contributed by atoms with Gasteiger partial charge in [0.1, 0.15) is 6.61 Å². The minimum Gasteiger partial charge on any atom is -0.369 e. The molecule has 2 fully saturated rings. The lowest BCUT2D eigenvalue weighted by Crippen LogP contribution is -2.43. The molecule has 1 saturated carbocycles. The van der Waals surface area contributed by atoms with E-state index in [1.54, 1.807) is 0 Å². The van der Waals surface area contributed by atoms with Crippen molar-refractivity contribution in [1.82, 2.24) is 4.90 Å². The second kappa shape index (κ2) is 5.38. The summed E-state index contributed by atoms with van der Waals surface area (Å²) in [6.07, 6.45) is 8.12. The maximum atomic E-state index is 11.9. The highest BCUT2D eigenvalue weighted by Gasteiger charge is 2.37. The molecule has 0 unspecified atom stereocenters. The van der Waals surface area contributed by atoms with Crippen molar-refractivity contribution in [3.8, 4) is 0 Å². The van der Waals surface area contributed by atoms with Gasteiger partial charge in [-0.25, -0.2) is 0 Å². The van der Waals surface area contributed by atoms with Crippen LogP contribution in [0.4, 0.5) is 0 Å². The fraction of sp³-hybridized carbons (Fsp3) is 0.929. The van der Waals surface area contributed by atoms with E-state index in [1.807, 2.05) is 18.7 Å². The van der Waals surface area contributed by atoms with E-state index in [-0.39, 0.29) is 18.6 Å². The Morgan fingerprint density at radius 2 is 1.76 bits per heavy atom. The van der Waals surface area contributed by atoms with Gasteiger partial charge in [0, 0.05) is 13.1 Å². The number of hydrogen-bond donors (Lipinski definition) is 0. The highest BCUT2D eigenvalue weighted by atomic mass is 16.5. The molecule has 0 aromatic carbocycles. The average molecular weight is 239 g/mol. The summed E-state index contributed by atoms with van der Waals surface area (Å²) in [5.74, 6) is 0.173. The van der Waals surface area contributed by atoms with Gasteiger partial charge in [-0.3, -0.25) is 4.79 Å². The highest BCUT2D eigenvalue weighted by molar-refractivity contribution is 5.77. The van der Waals surface area contributed by atoms with Gasteiger partial charge in [0.05, 0.1) is 6.10 Å². The van der Waals surface area contributed by atoms with Crippen LogP contribution < -0.4 is 0 Å². The van der Waals surface area contributed by atoms with Crippen LogP contribution in [0.3, 0.4) is 0 Å². The van der Waals surface area contributed by atoms with Crippen LogP contribution in [0, 0.1) is 5.41 Å². The third-order valence-corrected chi connectivity index (χ3v) is 4.38. The number of nitrogens with zero attached hydrogens (tertiary/aromatic N) is 1. The predicted molar refractivity (Wildman–Crippen MR) is 67.8 cm³/mol. The minimum atomic E-state index is 0.143. The third-order valence-electron chi connectivity index (χ3n) is 4.38. The molecule has 1 aliphatic heterocycles. The lowest BCUT2D eigenvalue weighted by atomic mass is 9.77. The molecule has 2 aliphatic rings. The maximum Gasteiger partial charge on any atom is 0.248 e. The predicted octanol–water partition coefficient (Wildman–Crippen LogP) is 2.59. The fourth-order valence-electron chi connectivity index (χ4n) is 3.18. The van der Waals surface area contributed by atoms with Crippen molar-refractivity contribution in [2.24, 2.45) is 5.41 Å². The Bertz CT molecular complexity index is 259. The Morgan fingerprint density at radius 3 is 2.29 bits per heavy atom.